The minimum atomic E-state index is 0.584. The smallest absolute Gasteiger partial charge is 0.104 e. The number of nitrogens with one attached hydrogen (secondary N) is 1. The second kappa shape index (κ2) is 3.60. The molecule has 0 saturated carbocycles. The first-order chi connectivity index (χ1) is 6.36. The van der Waals surface area contributed by atoms with Crippen LogP contribution in [-0.4, -0.2) is 12.4 Å². The molecule has 1 aliphatic rings. The van der Waals surface area contributed by atoms with E-state index < -0.39 is 0 Å². The Labute approximate surface area is 78.7 Å². The summed E-state index contributed by atoms with van der Waals surface area (Å²) < 4.78 is 0. The van der Waals surface area contributed by atoms with E-state index in [-0.39, 0.29) is 0 Å². The highest BCUT2D eigenvalue weighted by Gasteiger charge is 2.15. The quantitative estimate of drug-likeness (QED) is 0.695. The molecule has 2 nitrogen and oxygen atoms in total. The van der Waals surface area contributed by atoms with E-state index in [1.807, 2.05) is 18.2 Å². The highest BCUT2D eigenvalue weighted by molar-refractivity contribution is 5.97. The molecule has 0 aromatic heterocycles. The van der Waals surface area contributed by atoms with Crippen molar-refractivity contribution in [3.63, 3.8) is 0 Å². The highest BCUT2D eigenvalue weighted by atomic mass is 15.0. The van der Waals surface area contributed by atoms with Crippen molar-refractivity contribution >= 4 is 11.5 Å². The van der Waals surface area contributed by atoms with Crippen molar-refractivity contribution in [2.75, 3.05) is 11.9 Å². The summed E-state index contributed by atoms with van der Waals surface area (Å²) in [4.78, 5) is 4.42. The van der Waals surface area contributed by atoms with Gasteiger partial charge in [0.15, 0.2) is 0 Å². The maximum atomic E-state index is 4.42. The van der Waals surface area contributed by atoms with Gasteiger partial charge in [0, 0.05) is 18.2 Å². The predicted octanol–water partition coefficient (Wildman–Crippen LogP) is 2.54. The molecule has 1 N–H and O–H groups in total. The fourth-order valence-electron chi connectivity index (χ4n) is 1.50. The van der Waals surface area contributed by atoms with Gasteiger partial charge in [-0.2, -0.15) is 0 Å². The molecule has 1 aliphatic heterocycles. The molecule has 0 saturated heterocycles. The Morgan fingerprint density at radius 3 is 2.69 bits per heavy atom. The van der Waals surface area contributed by atoms with E-state index in [9.17, 15) is 0 Å². The molecule has 0 aliphatic carbocycles. The first-order valence-corrected chi connectivity index (χ1v) is 4.72. The molecule has 1 aromatic carbocycles. The van der Waals surface area contributed by atoms with Crippen molar-refractivity contribution in [1.82, 2.24) is 0 Å². The number of amidine groups is 1. The molecule has 13 heavy (non-hydrogen) atoms. The lowest BCUT2D eigenvalue weighted by Gasteiger charge is -2.09. The fourth-order valence-corrected chi connectivity index (χ4v) is 1.50. The first kappa shape index (κ1) is 8.30. The Kier molecular flexibility index (Phi) is 2.30. The highest BCUT2D eigenvalue weighted by Crippen LogP contribution is 2.15. The molecule has 0 radical (unpaired) electrons. The lowest BCUT2D eigenvalue weighted by atomic mass is 10.1. The van der Waals surface area contributed by atoms with Crippen LogP contribution in [0.1, 0.15) is 13.3 Å². The molecule has 0 bridgehead atoms. The van der Waals surface area contributed by atoms with Crippen LogP contribution < -0.4 is 5.32 Å². The van der Waals surface area contributed by atoms with Gasteiger partial charge >= 0.3 is 0 Å². The van der Waals surface area contributed by atoms with Crippen LogP contribution in [0.5, 0.6) is 0 Å². The van der Waals surface area contributed by atoms with E-state index in [2.05, 4.69) is 29.4 Å². The first-order valence-electron chi connectivity index (χ1n) is 4.72. The van der Waals surface area contributed by atoms with Crippen molar-refractivity contribution in [3.05, 3.63) is 30.3 Å². The third-order valence-corrected chi connectivity index (χ3v) is 2.36. The number of nitrogens with zero attached hydrogens (tertiary/aromatic N) is 1. The minimum absolute atomic E-state index is 0.584. The van der Waals surface area contributed by atoms with Gasteiger partial charge < -0.3 is 5.32 Å². The zero-order valence-corrected chi connectivity index (χ0v) is 7.83. The third kappa shape index (κ3) is 1.89. The van der Waals surface area contributed by atoms with Crippen molar-refractivity contribution in [3.8, 4) is 0 Å². The molecule has 1 unspecified atom stereocenters. The number of hydrogen-bond donors (Lipinski definition) is 1. The summed E-state index contributed by atoms with van der Waals surface area (Å²) in [5.74, 6) is 1.71. The van der Waals surface area contributed by atoms with Crippen LogP contribution in [-0.2, 0) is 0 Å². The van der Waals surface area contributed by atoms with Gasteiger partial charge in [-0.15, -0.1) is 0 Å². The molecule has 1 heterocycles. The summed E-state index contributed by atoms with van der Waals surface area (Å²) in [5, 5.41) is 3.34. The van der Waals surface area contributed by atoms with Crippen LogP contribution in [0.2, 0.25) is 0 Å². The van der Waals surface area contributed by atoms with E-state index in [1.165, 1.54) is 6.42 Å². The number of rotatable bonds is 1. The topological polar surface area (TPSA) is 24.4 Å². The van der Waals surface area contributed by atoms with Gasteiger partial charge in [0.1, 0.15) is 5.84 Å². The monoisotopic (exact) mass is 174 g/mol. The third-order valence-electron chi connectivity index (χ3n) is 2.36. The summed E-state index contributed by atoms with van der Waals surface area (Å²) in [6.45, 7) is 3.18. The van der Waals surface area contributed by atoms with E-state index in [1.54, 1.807) is 0 Å². The molecular weight excluding hydrogens is 160 g/mol. The van der Waals surface area contributed by atoms with Crippen LogP contribution in [0.25, 0.3) is 0 Å². The molecule has 0 spiro atoms. The number of aliphatic imine (C=N–C) groups is 1. The van der Waals surface area contributed by atoms with Crippen LogP contribution in [0.15, 0.2) is 35.3 Å². The summed E-state index contributed by atoms with van der Waals surface area (Å²) >= 11 is 0. The van der Waals surface area contributed by atoms with Gasteiger partial charge in [-0.3, -0.25) is 4.99 Å². The van der Waals surface area contributed by atoms with Gasteiger partial charge in [0.2, 0.25) is 0 Å². The number of benzene rings is 1. The van der Waals surface area contributed by atoms with E-state index in [0.29, 0.717) is 5.92 Å². The summed E-state index contributed by atoms with van der Waals surface area (Å²) in [6, 6.07) is 10.2. The second-order valence-corrected chi connectivity index (χ2v) is 3.45. The molecule has 0 amide bonds. The summed E-state index contributed by atoms with van der Waals surface area (Å²) in [6.07, 6.45) is 1.18. The van der Waals surface area contributed by atoms with Crippen molar-refractivity contribution < 1.29 is 0 Å². The normalized spacial score (nSPS) is 21.3. The lowest BCUT2D eigenvalue weighted by Crippen LogP contribution is -2.16. The largest absolute Gasteiger partial charge is 0.344 e. The number of anilines is 1. The molecule has 1 atom stereocenters. The Balaban J connectivity index is 2.06. The maximum Gasteiger partial charge on any atom is 0.104 e. The molecule has 2 rings (SSSR count). The zero-order chi connectivity index (χ0) is 9.10. The summed E-state index contributed by atoms with van der Waals surface area (Å²) in [7, 11) is 0. The van der Waals surface area contributed by atoms with Crippen LogP contribution in [0.3, 0.4) is 0 Å². The van der Waals surface area contributed by atoms with Crippen molar-refractivity contribution in [2.45, 2.75) is 13.3 Å². The van der Waals surface area contributed by atoms with Crippen molar-refractivity contribution in [1.29, 1.82) is 0 Å². The zero-order valence-electron chi connectivity index (χ0n) is 7.83. The second-order valence-electron chi connectivity index (χ2n) is 3.45. The Hall–Kier alpha value is -1.31. The standard InChI is InChI=1S/C11H14N2/c1-9-7-8-12-11(9)13-10-5-3-2-4-6-10/h2-6,9H,7-8H2,1H3,(H,12,13). The molecular formula is C11H14N2. The number of hydrogen-bond acceptors (Lipinski definition) is 2. The van der Waals surface area contributed by atoms with E-state index in [4.69, 9.17) is 0 Å². The van der Waals surface area contributed by atoms with E-state index >= 15 is 0 Å². The van der Waals surface area contributed by atoms with Gasteiger partial charge in [-0.05, 0) is 18.6 Å². The van der Waals surface area contributed by atoms with Gasteiger partial charge in [-0.25, -0.2) is 0 Å². The lowest BCUT2D eigenvalue weighted by molar-refractivity contribution is 0.749. The van der Waals surface area contributed by atoms with E-state index in [0.717, 1.165) is 18.1 Å². The Morgan fingerprint density at radius 2 is 2.08 bits per heavy atom. The average molecular weight is 174 g/mol. The van der Waals surface area contributed by atoms with Crippen LogP contribution >= 0.6 is 0 Å². The van der Waals surface area contributed by atoms with Crippen LogP contribution in [0, 0.1) is 5.92 Å². The van der Waals surface area contributed by atoms with Gasteiger partial charge in [-0.1, -0.05) is 25.1 Å². The molecule has 68 valence electrons. The van der Waals surface area contributed by atoms with Gasteiger partial charge in [0.05, 0.1) is 0 Å². The molecule has 1 aromatic rings. The SMILES string of the molecule is CC1CCN=C1Nc1ccccc1. The molecule has 0 fully saturated rings. The Bertz CT molecular complexity index is 303. The molecule has 2 heteroatoms. The minimum Gasteiger partial charge on any atom is -0.344 e. The fraction of sp³-hybridized carbons (Fsp3) is 0.364. The number of para-hydroxylation sites is 1. The summed E-state index contributed by atoms with van der Waals surface area (Å²) in [5.41, 5.74) is 1.13. The Morgan fingerprint density at radius 1 is 1.31 bits per heavy atom. The van der Waals surface area contributed by atoms with Crippen LogP contribution in [0.4, 0.5) is 5.69 Å². The predicted molar refractivity (Wildman–Crippen MR) is 56.1 cm³/mol. The maximum absolute atomic E-state index is 4.42. The average Bonchev–Trinajstić information content (AvgIpc) is 2.54. The van der Waals surface area contributed by atoms with Gasteiger partial charge in [0.25, 0.3) is 0 Å². The van der Waals surface area contributed by atoms with Crippen molar-refractivity contribution in [2.24, 2.45) is 10.9 Å².